The summed E-state index contributed by atoms with van der Waals surface area (Å²) in [7, 11) is 3.68. The third-order valence-electron chi connectivity index (χ3n) is 8.04. The number of phenols is 1. The van der Waals surface area contributed by atoms with Crippen molar-refractivity contribution in [3.8, 4) is 5.75 Å². The molecule has 0 aromatic heterocycles. The molecule has 0 aliphatic heterocycles. The van der Waals surface area contributed by atoms with Crippen molar-refractivity contribution in [3.63, 3.8) is 0 Å². The quantitative estimate of drug-likeness (QED) is 0.315. The number of aliphatic hydroxyl groups is 3. The summed E-state index contributed by atoms with van der Waals surface area (Å²) in [5.74, 6) is -5.53. The van der Waals surface area contributed by atoms with Crippen molar-refractivity contribution in [3.05, 3.63) is 45.4 Å². The third-order valence-corrected chi connectivity index (χ3v) is 8.04. The van der Waals surface area contributed by atoms with Crippen LogP contribution in [0.15, 0.2) is 28.7 Å². The normalized spacial score (nSPS) is 27.5. The Morgan fingerprint density at radius 3 is 2.50 bits per heavy atom. The molecule has 0 bridgehead atoms. The number of fused-ring (bicyclic) bond motifs is 3. The minimum absolute atomic E-state index is 0.0426. The van der Waals surface area contributed by atoms with Gasteiger partial charge in [-0.2, -0.15) is 0 Å². The van der Waals surface area contributed by atoms with Gasteiger partial charge in [-0.05, 0) is 55.7 Å². The van der Waals surface area contributed by atoms with E-state index in [1.807, 2.05) is 25.1 Å². The predicted octanol–water partition coefficient (Wildman–Crippen LogP) is 1.15. The molecular formula is C26H31N3O7. The number of primary amides is 1. The summed E-state index contributed by atoms with van der Waals surface area (Å²) in [6.45, 7) is 1.17. The molecule has 0 spiro atoms. The molecule has 0 saturated heterocycles. The maximum absolute atomic E-state index is 13.8. The first kappa shape index (κ1) is 24.3. The second-order valence-electron chi connectivity index (χ2n) is 10.6. The molecule has 1 aromatic rings. The fourth-order valence-electron chi connectivity index (χ4n) is 5.99. The summed E-state index contributed by atoms with van der Waals surface area (Å²) in [6, 6.07) is 1.85. The Kier molecular flexibility index (Phi) is 5.64. The number of nitrogens with two attached hydrogens (primary N) is 1. The van der Waals surface area contributed by atoms with Crippen LogP contribution in [-0.4, -0.2) is 64.1 Å². The third kappa shape index (κ3) is 3.50. The number of hydrogen-bond acceptors (Lipinski definition) is 9. The van der Waals surface area contributed by atoms with Crippen LogP contribution in [0.2, 0.25) is 0 Å². The lowest BCUT2D eigenvalue weighted by Crippen LogP contribution is -2.57. The number of Topliss-reactive ketones (excluding diaryl/α,β-unsaturated/α-hetero) is 2. The van der Waals surface area contributed by atoms with Gasteiger partial charge < -0.3 is 36.4 Å². The van der Waals surface area contributed by atoms with Gasteiger partial charge in [-0.3, -0.25) is 14.4 Å². The summed E-state index contributed by atoms with van der Waals surface area (Å²) in [5.41, 5.74) is 3.73. The minimum atomic E-state index is -2.56. The summed E-state index contributed by atoms with van der Waals surface area (Å²) < 4.78 is 0. The van der Waals surface area contributed by atoms with Crippen molar-refractivity contribution in [1.82, 2.24) is 5.32 Å². The highest BCUT2D eigenvalue weighted by molar-refractivity contribution is 6.24. The molecule has 0 heterocycles. The average Bonchev–Trinajstić information content (AvgIpc) is 3.61. The van der Waals surface area contributed by atoms with Crippen molar-refractivity contribution >= 4 is 23.2 Å². The number of aliphatic hydroxyl groups excluding tert-OH is 2. The Hall–Kier alpha value is -3.37. The fraction of sp³-hybridized carbons (Fsp3) is 0.500. The Labute approximate surface area is 208 Å². The molecule has 4 aliphatic carbocycles. The number of nitrogens with one attached hydrogen (secondary N) is 1. The van der Waals surface area contributed by atoms with Gasteiger partial charge in [-0.25, -0.2) is 0 Å². The highest BCUT2D eigenvalue weighted by Gasteiger charge is 2.59. The van der Waals surface area contributed by atoms with Gasteiger partial charge in [0.25, 0.3) is 5.91 Å². The van der Waals surface area contributed by atoms with Crippen LogP contribution in [0.4, 0.5) is 5.69 Å². The molecule has 192 valence electrons. The highest BCUT2D eigenvalue weighted by Crippen LogP contribution is 2.52. The number of carbonyl (C=O) groups is 3. The van der Waals surface area contributed by atoms with E-state index in [0.29, 0.717) is 23.6 Å². The first-order chi connectivity index (χ1) is 17.0. The van der Waals surface area contributed by atoms with E-state index in [1.54, 1.807) is 0 Å². The van der Waals surface area contributed by atoms with E-state index in [4.69, 9.17) is 5.73 Å². The van der Waals surface area contributed by atoms with Crippen LogP contribution in [0, 0.1) is 17.8 Å². The Morgan fingerprint density at radius 2 is 1.89 bits per heavy atom. The van der Waals surface area contributed by atoms with Crippen LogP contribution in [0.3, 0.4) is 0 Å². The molecule has 5 rings (SSSR count). The summed E-state index contributed by atoms with van der Waals surface area (Å²) in [6.07, 6.45) is 2.50. The van der Waals surface area contributed by atoms with Gasteiger partial charge in [-0.15, -0.1) is 0 Å². The van der Waals surface area contributed by atoms with Crippen molar-refractivity contribution in [2.24, 2.45) is 23.5 Å². The van der Waals surface area contributed by atoms with Crippen LogP contribution in [-0.2, 0) is 22.6 Å². The summed E-state index contributed by atoms with van der Waals surface area (Å²) >= 11 is 0. The van der Waals surface area contributed by atoms with E-state index in [2.05, 4.69) is 5.32 Å². The van der Waals surface area contributed by atoms with Crippen molar-refractivity contribution in [2.75, 3.05) is 25.5 Å². The molecule has 36 heavy (non-hydrogen) atoms. The number of ketones is 2. The molecule has 1 saturated carbocycles. The smallest absolute Gasteiger partial charge is 0.255 e. The zero-order valence-electron chi connectivity index (χ0n) is 20.3. The lowest BCUT2D eigenvalue weighted by molar-refractivity contribution is -0.144. The lowest BCUT2D eigenvalue weighted by Gasteiger charge is -2.46. The van der Waals surface area contributed by atoms with Gasteiger partial charge in [0.1, 0.15) is 22.8 Å². The molecule has 4 aliphatic rings. The van der Waals surface area contributed by atoms with Crippen LogP contribution in [0.25, 0.3) is 0 Å². The Balaban J connectivity index is 1.61. The lowest BCUT2D eigenvalue weighted by atomic mass is 9.60. The molecule has 1 amide bonds. The van der Waals surface area contributed by atoms with Gasteiger partial charge in [0, 0.05) is 49.8 Å². The first-order valence-corrected chi connectivity index (χ1v) is 12.2. The van der Waals surface area contributed by atoms with E-state index in [9.17, 15) is 34.8 Å². The second-order valence-corrected chi connectivity index (χ2v) is 10.6. The molecule has 1 fully saturated rings. The molecular weight excluding hydrogens is 466 g/mol. The molecule has 7 N–H and O–H groups in total. The molecule has 10 heteroatoms. The molecule has 0 unspecified atom stereocenters. The highest BCUT2D eigenvalue weighted by atomic mass is 16.3. The number of rotatable bonds is 6. The SMILES string of the molecule is CN(C)c1cc(CNCC2CC2)c(O)c2c1C[C@H]1C[C@H]3CC(O)=C(C(N)=O)C(=O)[C@@]3(O)C(O)=C1C2=O. The van der Waals surface area contributed by atoms with Crippen LogP contribution in [0.5, 0.6) is 5.75 Å². The van der Waals surface area contributed by atoms with Gasteiger partial charge in [0.2, 0.25) is 5.78 Å². The number of benzene rings is 1. The number of anilines is 1. The van der Waals surface area contributed by atoms with Crippen LogP contribution < -0.4 is 16.0 Å². The van der Waals surface area contributed by atoms with Crippen LogP contribution in [0.1, 0.15) is 47.2 Å². The number of carbonyl (C=O) groups excluding carboxylic acids is 3. The molecule has 0 radical (unpaired) electrons. The number of phenolic OH excluding ortho intramolecular Hbond substituents is 1. The van der Waals surface area contributed by atoms with Crippen molar-refractivity contribution in [2.45, 2.75) is 44.2 Å². The molecule has 10 nitrogen and oxygen atoms in total. The number of nitrogens with zero attached hydrogens (tertiary/aromatic N) is 1. The minimum Gasteiger partial charge on any atom is -0.511 e. The number of aromatic hydroxyl groups is 1. The molecule has 1 aromatic carbocycles. The van der Waals surface area contributed by atoms with Crippen LogP contribution >= 0.6 is 0 Å². The Bertz CT molecular complexity index is 1260. The largest absolute Gasteiger partial charge is 0.511 e. The topological polar surface area (TPSA) is 173 Å². The first-order valence-electron chi connectivity index (χ1n) is 12.2. The number of hydrogen-bond donors (Lipinski definition) is 6. The van der Waals surface area contributed by atoms with Gasteiger partial charge in [-0.1, -0.05) is 0 Å². The maximum atomic E-state index is 13.8. The van der Waals surface area contributed by atoms with Gasteiger partial charge in [0.15, 0.2) is 11.4 Å². The summed E-state index contributed by atoms with van der Waals surface area (Å²) in [4.78, 5) is 40.5. The number of amides is 1. The molecule has 3 atom stereocenters. The fourth-order valence-corrected chi connectivity index (χ4v) is 5.99. The van der Waals surface area contributed by atoms with Crippen molar-refractivity contribution < 1.29 is 34.8 Å². The van der Waals surface area contributed by atoms with E-state index >= 15 is 0 Å². The van der Waals surface area contributed by atoms with Crippen molar-refractivity contribution in [1.29, 1.82) is 0 Å². The van der Waals surface area contributed by atoms with Gasteiger partial charge >= 0.3 is 0 Å². The van der Waals surface area contributed by atoms with E-state index in [0.717, 1.165) is 12.2 Å². The zero-order valence-corrected chi connectivity index (χ0v) is 20.3. The van der Waals surface area contributed by atoms with E-state index in [1.165, 1.54) is 12.8 Å². The monoisotopic (exact) mass is 497 g/mol. The van der Waals surface area contributed by atoms with Gasteiger partial charge in [0.05, 0.1) is 5.56 Å². The average molecular weight is 498 g/mol. The maximum Gasteiger partial charge on any atom is 0.255 e. The standard InChI is InChI=1S/C26H31N3O7/c1-29(2)16-7-13(10-28-9-11-3-4-11)21(31)19-15(16)6-12-5-14-8-17(30)20(25(27)35)24(34)26(14,36)23(33)18(12)22(19)32/h7,11-12,14,28,30-31,33,36H,3-6,8-10H2,1-2H3,(H2,27,35)/t12-,14+,26+/m1/s1. The second kappa shape index (κ2) is 8.35. The summed E-state index contributed by atoms with van der Waals surface area (Å²) in [5, 5.41) is 47.3. The predicted molar refractivity (Wildman–Crippen MR) is 130 cm³/mol. The van der Waals surface area contributed by atoms with E-state index < -0.39 is 52.0 Å². The van der Waals surface area contributed by atoms with E-state index in [-0.39, 0.29) is 36.1 Å². The Morgan fingerprint density at radius 1 is 1.19 bits per heavy atom. The zero-order chi connectivity index (χ0) is 26.1. The number of allylic oxidation sites excluding steroid dienone is 2.